The number of primary amides is 1. The highest BCUT2D eigenvalue weighted by Gasteiger charge is 2.10. The summed E-state index contributed by atoms with van der Waals surface area (Å²) in [6.07, 6.45) is 6.84. The summed E-state index contributed by atoms with van der Waals surface area (Å²) < 4.78 is 10.8. The Morgan fingerprint density at radius 3 is 2.41 bits per heavy atom. The largest absolute Gasteiger partial charge is 0.508 e. The van der Waals surface area contributed by atoms with Gasteiger partial charge in [-0.1, -0.05) is 31.0 Å². The summed E-state index contributed by atoms with van der Waals surface area (Å²) in [6.45, 7) is 3.24. The summed E-state index contributed by atoms with van der Waals surface area (Å²) in [5.41, 5.74) is 8.47. The summed E-state index contributed by atoms with van der Waals surface area (Å²) in [5, 5.41) is 23.4. The zero-order valence-electron chi connectivity index (χ0n) is 20.3. The molecule has 0 radical (unpaired) electrons. The molecule has 2 aromatic rings. The first-order valence-electron chi connectivity index (χ1n) is 12.2. The fourth-order valence-electron chi connectivity index (χ4n) is 3.72. The molecule has 2 aromatic carbocycles. The van der Waals surface area contributed by atoms with Crippen LogP contribution in [-0.2, 0) is 22.5 Å². The third-order valence-corrected chi connectivity index (χ3v) is 5.76. The molecule has 0 saturated heterocycles. The molecule has 7 heteroatoms. The second kappa shape index (κ2) is 16.2. The number of rotatable bonds is 18. The van der Waals surface area contributed by atoms with Crippen molar-refractivity contribution in [1.29, 1.82) is 0 Å². The van der Waals surface area contributed by atoms with Crippen LogP contribution in [0, 0.1) is 0 Å². The van der Waals surface area contributed by atoms with Gasteiger partial charge >= 0.3 is 0 Å². The van der Waals surface area contributed by atoms with E-state index in [-0.39, 0.29) is 5.75 Å². The second-order valence-electron chi connectivity index (χ2n) is 8.59. The second-order valence-corrected chi connectivity index (χ2v) is 8.59. The van der Waals surface area contributed by atoms with Crippen molar-refractivity contribution in [2.24, 2.45) is 5.73 Å². The molecule has 34 heavy (non-hydrogen) atoms. The van der Waals surface area contributed by atoms with Crippen LogP contribution >= 0.6 is 0 Å². The molecule has 0 aliphatic carbocycles. The lowest BCUT2D eigenvalue weighted by atomic mass is 10.1. The van der Waals surface area contributed by atoms with Crippen LogP contribution in [0.5, 0.6) is 5.75 Å². The van der Waals surface area contributed by atoms with Gasteiger partial charge in [0.05, 0.1) is 12.7 Å². The van der Waals surface area contributed by atoms with Gasteiger partial charge in [0.15, 0.2) is 0 Å². The Kier molecular flexibility index (Phi) is 13.3. The lowest BCUT2D eigenvalue weighted by Gasteiger charge is -2.14. The number of aryl methyl sites for hydroxylation is 1. The van der Waals surface area contributed by atoms with E-state index >= 15 is 0 Å². The minimum atomic E-state index is -0.612. The van der Waals surface area contributed by atoms with E-state index in [0.29, 0.717) is 24.3 Å². The third-order valence-electron chi connectivity index (χ3n) is 5.76. The number of hydrogen-bond donors (Lipinski definition) is 4. The van der Waals surface area contributed by atoms with E-state index in [2.05, 4.69) is 5.32 Å². The standard InChI is InChI=1S/C27H40N2O5/c1-33-20-24-18-23(13-14-25(24)30)26(31)19-29-15-5-2-3-6-16-34-17-7-4-8-21-9-11-22(12-10-21)27(28)32/h9-14,18,26,29-31H,2-8,15-17,19-20H2,1H3,(H2,28,32). The molecule has 0 aromatic heterocycles. The number of amides is 1. The average Bonchev–Trinajstić information content (AvgIpc) is 2.83. The van der Waals surface area contributed by atoms with Crippen molar-refractivity contribution in [3.8, 4) is 5.75 Å². The van der Waals surface area contributed by atoms with E-state index in [1.54, 1.807) is 37.4 Å². The number of aliphatic hydroxyl groups excluding tert-OH is 1. The summed E-state index contributed by atoms with van der Waals surface area (Å²) in [5.74, 6) is -0.207. The number of phenols is 1. The number of methoxy groups -OCH3 is 1. The first kappa shape index (κ1) is 27.8. The summed E-state index contributed by atoms with van der Waals surface area (Å²) in [7, 11) is 1.58. The molecular formula is C27H40N2O5. The Morgan fingerprint density at radius 1 is 1.00 bits per heavy atom. The first-order chi connectivity index (χ1) is 16.5. The molecule has 5 N–H and O–H groups in total. The molecule has 0 saturated carbocycles. The van der Waals surface area contributed by atoms with Gasteiger partial charge in [-0.05, 0) is 74.0 Å². The molecule has 0 bridgehead atoms. The van der Waals surface area contributed by atoms with Crippen molar-refractivity contribution in [2.75, 3.05) is 33.4 Å². The van der Waals surface area contributed by atoms with Crippen molar-refractivity contribution in [3.05, 3.63) is 64.7 Å². The zero-order chi connectivity index (χ0) is 24.6. The summed E-state index contributed by atoms with van der Waals surface area (Å²) >= 11 is 0. The lowest BCUT2D eigenvalue weighted by molar-refractivity contribution is 0.1000. The highest BCUT2D eigenvalue weighted by atomic mass is 16.5. The van der Waals surface area contributed by atoms with Crippen LogP contribution in [0.3, 0.4) is 0 Å². The van der Waals surface area contributed by atoms with Crippen LogP contribution in [0.2, 0.25) is 0 Å². The quantitative estimate of drug-likeness (QED) is 0.245. The number of hydrogen-bond acceptors (Lipinski definition) is 6. The van der Waals surface area contributed by atoms with E-state index < -0.39 is 12.0 Å². The molecule has 0 aliphatic heterocycles. The van der Waals surface area contributed by atoms with Crippen LogP contribution in [0.25, 0.3) is 0 Å². The molecular weight excluding hydrogens is 432 g/mol. The van der Waals surface area contributed by atoms with Gasteiger partial charge in [-0.3, -0.25) is 4.79 Å². The predicted octanol–water partition coefficient (Wildman–Crippen LogP) is 3.86. The molecule has 1 amide bonds. The third kappa shape index (κ3) is 10.7. The lowest BCUT2D eigenvalue weighted by Crippen LogP contribution is -2.22. The van der Waals surface area contributed by atoms with Crippen LogP contribution in [-0.4, -0.2) is 49.5 Å². The van der Waals surface area contributed by atoms with Gasteiger partial charge in [0.1, 0.15) is 5.75 Å². The number of aliphatic hydroxyl groups is 1. The molecule has 0 fully saturated rings. The monoisotopic (exact) mass is 472 g/mol. The van der Waals surface area contributed by atoms with Crippen LogP contribution in [0.1, 0.15) is 71.7 Å². The molecule has 0 aliphatic rings. The van der Waals surface area contributed by atoms with Gasteiger partial charge in [-0.15, -0.1) is 0 Å². The number of benzene rings is 2. The van der Waals surface area contributed by atoms with Crippen molar-refractivity contribution in [3.63, 3.8) is 0 Å². The fraction of sp³-hybridized carbons (Fsp3) is 0.519. The van der Waals surface area contributed by atoms with Crippen LogP contribution in [0.4, 0.5) is 0 Å². The maximum atomic E-state index is 11.1. The number of carbonyl (C=O) groups excluding carboxylic acids is 1. The number of nitrogens with two attached hydrogens (primary N) is 1. The van der Waals surface area contributed by atoms with Gasteiger partial charge in [-0.25, -0.2) is 0 Å². The summed E-state index contributed by atoms with van der Waals surface area (Å²) in [4.78, 5) is 11.1. The highest BCUT2D eigenvalue weighted by Crippen LogP contribution is 2.23. The zero-order valence-corrected chi connectivity index (χ0v) is 20.3. The number of phenolic OH excluding ortho intramolecular Hbond substituents is 1. The number of ether oxygens (including phenoxy) is 2. The molecule has 1 unspecified atom stereocenters. The van der Waals surface area contributed by atoms with Gasteiger partial charge < -0.3 is 30.7 Å². The topological polar surface area (TPSA) is 114 Å². The minimum Gasteiger partial charge on any atom is -0.508 e. The molecule has 188 valence electrons. The van der Waals surface area contributed by atoms with E-state index in [9.17, 15) is 15.0 Å². The smallest absolute Gasteiger partial charge is 0.248 e. The van der Waals surface area contributed by atoms with Gasteiger partial charge in [0.25, 0.3) is 0 Å². The SMILES string of the molecule is COCc1cc(C(O)CNCCCCCCOCCCCc2ccc(C(N)=O)cc2)ccc1O. The normalized spacial score (nSPS) is 12.1. The molecule has 1 atom stereocenters. The van der Waals surface area contributed by atoms with Crippen molar-refractivity contribution < 1.29 is 24.5 Å². The predicted molar refractivity (Wildman–Crippen MR) is 134 cm³/mol. The average molecular weight is 473 g/mol. The Hall–Kier alpha value is -2.45. The number of nitrogens with one attached hydrogen (secondary N) is 1. The van der Waals surface area contributed by atoms with E-state index in [0.717, 1.165) is 70.3 Å². The van der Waals surface area contributed by atoms with E-state index in [4.69, 9.17) is 15.2 Å². The van der Waals surface area contributed by atoms with Crippen molar-refractivity contribution in [2.45, 2.75) is 57.7 Å². The molecule has 2 rings (SSSR count). The van der Waals surface area contributed by atoms with E-state index in [1.165, 1.54) is 5.56 Å². The Labute approximate surface area is 203 Å². The number of aromatic hydroxyl groups is 1. The number of unbranched alkanes of at least 4 members (excludes halogenated alkanes) is 4. The molecule has 0 heterocycles. The highest BCUT2D eigenvalue weighted by molar-refractivity contribution is 5.92. The Bertz CT molecular complexity index is 841. The first-order valence-corrected chi connectivity index (χ1v) is 12.2. The van der Waals surface area contributed by atoms with Crippen LogP contribution < -0.4 is 11.1 Å². The van der Waals surface area contributed by atoms with E-state index in [1.807, 2.05) is 12.1 Å². The maximum absolute atomic E-state index is 11.1. The Morgan fingerprint density at radius 2 is 1.71 bits per heavy atom. The fourth-order valence-corrected chi connectivity index (χ4v) is 3.72. The number of carbonyl (C=O) groups is 1. The Balaban J connectivity index is 1.41. The van der Waals surface area contributed by atoms with Crippen molar-refractivity contribution in [1.82, 2.24) is 5.32 Å². The minimum absolute atomic E-state index is 0.184. The summed E-state index contributed by atoms with van der Waals surface area (Å²) in [6, 6.07) is 12.6. The van der Waals surface area contributed by atoms with Gasteiger partial charge in [0, 0.05) is 38.0 Å². The van der Waals surface area contributed by atoms with Gasteiger partial charge in [0.2, 0.25) is 5.91 Å². The van der Waals surface area contributed by atoms with Gasteiger partial charge in [-0.2, -0.15) is 0 Å². The van der Waals surface area contributed by atoms with Crippen molar-refractivity contribution >= 4 is 5.91 Å². The molecule has 7 nitrogen and oxygen atoms in total. The van der Waals surface area contributed by atoms with Crippen LogP contribution in [0.15, 0.2) is 42.5 Å². The molecule has 0 spiro atoms. The maximum Gasteiger partial charge on any atom is 0.248 e.